The van der Waals surface area contributed by atoms with Gasteiger partial charge in [-0.3, -0.25) is 0 Å². The van der Waals surface area contributed by atoms with Crippen molar-refractivity contribution in [3.63, 3.8) is 0 Å². The molecule has 0 aromatic heterocycles. The van der Waals surface area contributed by atoms with Crippen molar-refractivity contribution < 1.29 is 14.6 Å². The van der Waals surface area contributed by atoms with Crippen LogP contribution >= 0.6 is 0 Å². The van der Waals surface area contributed by atoms with Gasteiger partial charge in [-0.1, -0.05) is 31.5 Å². The molecule has 0 heterocycles. The minimum Gasteiger partial charge on any atom is -0.489 e. The van der Waals surface area contributed by atoms with E-state index in [1.165, 1.54) is 11.6 Å². The van der Waals surface area contributed by atoms with Gasteiger partial charge in [-0.25, -0.2) is 4.79 Å². The van der Waals surface area contributed by atoms with E-state index in [9.17, 15) is 4.79 Å². The summed E-state index contributed by atoms with van der Waals surface area (Å²) in [5, 5.41) is 8.73. The second-order valence-corrected chi connectivity index (χ2v) is 4.31. The summed E-state index contributed by atoms with van der Waals surface area (Å²) >= 11 is 0. The van der Waals surface area contributed by atoms with Crippen LogP contribution in [0.2, 0.25) is 0 Å². The number of aryl methyl sites for hydroxylation is 1. The maximum Gasteiger partial charge on any atom is 0.328 e. The Bertz CT molecular complexity index is 402. The highest BCUT2D eigenvalue weighted by atomic mass is 16.5. The van der Waals surface area contributed by atoms with Gasteiger partial charge in [0, 0.05) is 6.08 Å². The Morgan fingerprint density at radius 1 is 1.35 bits per heavy atom. The van der Waals surface area contributed by atoms with Crippen LogP contribution in [0, 0.1) is 12.8 Å². The predicted molar refractivity (Wildman–Crippen MR) is 67.2 cm³/mol. The first-order valence-electron chi connectivity index (χ1n) is 5.62. The van der Waals surface area contributed by atoms with E-state index in [-0.39, 0.29) is 5.92 Å². The highest BCUT2D eigenvalue weighted by Crippen LogP contribution is 2.15. The minimum absolute atomic E-state index is 0.163. The van der Waals surface area contributed by atoms with Gasteiger partial charge in [0.05, 0.1) is 0 Å². The fraction of sp³-hybridized carbons (Fsp3) is 0.357. The second kappa shape index (κ2) is 6.09. The summed E-state index contributed by atoms with van der Waals surface area (Å²) in [7, 11) is 0. The Hall–Kier alpha value is -1.77. The SMILES string of the molecule is Cc1ccc(OC/C(=C/C(=O)O)C(C)C)cc1. The number of hydrogen-bond donors (Lipinski definition) is 1. The molecular formula is C14H18O3. The van der Waals surface area contributed by atoms with E-state index in [2.05, 4.69) is 0 Å². The molecule has 3 heteroatoms. The van der Waals surface area contributed by atoms with Gasteiger partial charge in [0.2, 0.25) is 0 Å². The van der Waals surface area contributed by atoms with E-state index in [1.54, 1.807) is 0 Å². The predicted octanol–water partition coefficient (Wildman–Crippen LogP) is 3.04. The fourth-order valence-electron chi connectivity index (χ4n) is 1.33. The van der Waals surface area contributed by atoms with Gasteiger partial charge in [0.1, 0.15) is 12.4 Å². The molecule has 0 atom stereocenters. The van der Waals surface area contributed by atoms with Crippen molar-refractivity contribution >= 4 is 5.97 Å². The maximum absolute atomic E-state index is 10.6. The third kappa shape index (κ3) is 4.72. The molecule has 0 bridgehead atoms. The molecular weight excluding hydrogens is 216 g/mol. The lowest BCUT2D eigenvalue weighted by Gasteiger charge is -2.12. The average molecular weight is 234 g/mol. The Morgan fingerprint density at radius 2 is 1.94 bits per heavy atom. The molecule has 3 nitrogen and oxygen atoms in total. The van der Waals surface area contributed by atoms with Gasteiger partial charge in [0.25, 0.3) is 0 Å². The maximum atomic E-state index is 10.6. The quantitative estimate of drug-likeness (QED) is 0.796. The Labute approximate surface area is 102 Å². The van der Waals surface area contributed by atoms with Crippen LogP contribution in [0.4, 0.5) is 0 Å². The van der Waals surface area contributed by atoms with Crippen LogP contribution in [-0.4, -0.2) is 17.7 Å². The number of carbonyl (C=O) groups is 1. The first kappa shape index (κ1) is 13.3. The van der Waals surface area contributed by atoms with Gasteiger partial charge in [-0.05, 0) is 30.5 Å². The molecule has 0 saturated carbocycles. The first-order chi connectivity index (χ1) is 7.99. The monoisotopic (exact) mass is 234 g/mol. The van der Waals surface area contributed by atoms with E-state index in [0.29, 0.717) is 6.61 Å². The number of carboxylic acid groups (broad SMARTS) is 1. The van der Waals surface area contributed by atoms with E-state index in [4.69, 9.17) is 9.84 Å². The molecule has 1 aromatic carbocycles. The fourth-order valence-corrected chi connectivity index (χ4v) is 1.33. The number of hydrogen-bond acceptors (Lipinski definition) is 2. The largest absolute Gasteiger partial charge is 0.489 e. The molecule has 0 aliphatic heterocycles. The van der Waals surface area contributed by atoms with E-state index >= 15 is 0 Å². The van der Waals surface area contributed by atoms with Crippen LogP contribution in [0.5, 0.6) is 5.75 Å². The van der Waals surface area contributed by atoms with Crippen LogP contribution in [0.15, 0.2) is 35.9 Å². The van der Waals surface area contributed by atoms with Crippen molar-refractivity contribution in [2.45, 2.75) is 20.8 Å². The molecule has 0 spiro atoms. The molecule has 0 fully saturated rings. The highest BCUT2D eigenvalue weighted by molar-refractivity contribution is 5.80. The molecule has 0 amide bonds. The standard InChI is InChI=1S/C14H18O3/c1-10(2)12(8-14(15)16)9-17-13-6-4-11(3)5-7-13/h4-8,10H,9H2,1-3H3,(H,15,16)/b12-8-. The summed E-state index contributed by atoms with van der Waals surface area (Å²) in [4.78, 5) is 10.6. The highest BCUT2D eigenvalue weighted by Gasteiger charge is 2.06. The van der Waals surface area contributed by atoms with Crippen LogP contribution < -0.4 is 4.74 Å². The zero-order valence-corrected chi connectivity index (χ0v) is 10.4. The Balaban J connectivity index is 2.64. The minimum atomic E-state index is -0.929. The summed E-state index contributed by atoms with van der Waals surface area (Å²) in [6, 6.07) is 7.69. The van der Waals surface area contributed by atoms with E-state index < -0.39 is 5.97 Å². The molecule has 1 N–H and O–H groups in total. The summed E-state index contributed by atoms with van der Waals surface area (Å²) in [5.41, 5.74) is 1.94. The summed E-state index contributed by atoms with van der Waals surface area (Å²) in [5.74, 6) is -0.00899. The summed E-state index contributed by atoms with van der Waals surface area (Å²) in [6.07, 6.45) is 1.22. The van der Waals surface area contributed by atoms with Gasteiger partial charge in [-0.2, -0.15) is 0 Å². The van der Waals surface area contributed by atoms with Crippen molar-refractivity contribution in [2.75, 3.05) is 6.61 Å². The lowest BCUT2D eigenvalue weighted by Crippen LogP contribution is -2.09. The number of ether oxygens (including phenoxy) is 1. The normalized spacial score (nSPS) is 11.6. The van der Waals surface area contributed by atoms with Crippen molar-refractivity contribution in [1.82, 2.24) is 0 Å². The van der Waals surface area contributed by atoms with Crippen LogP contribution in [0.1, 0.15) is 19.4 Å². The Morgan fingerprint density at radius 3 is 2.41 bits per heavy atom. The zero-order valence-electron chi connectivity index (χ0n) is 10.4. The Kier molecular flexibility index (Phi) is 4.76. The molecule has 0 radical (unpaired) electrons. The van der Waals surface area contributed by atoms with Gasteiger partial charge in [0.15, 0.2) is 0 Å². The third-order valence-electron chi connectivity index (χ3n) is 2.48. The molecule has 0 saturated heterocycles. The molecule has 92 valence electrons. The lowest BCUT2D eigenvalue weighted by atomic mass is 10.0. The number of benzene rings is 1. The van der Waals surface area contributed by atoms with Crippen molar-refractivity contribution in [3.8, 4) is 5.75 Å². The van der Waals surface area contributed by atoms with Crippen LogP contribution in [0.25, 0.3) is 0 Å². The number of aliphatic carboxylic acids is 1. The first-order valence-corrected chi connectivity index (χ1v) is 5.62. The number of carboxylic acids is 1. The smallest absolute Gasteiger partial charge is 0.328 e. The van der Waals surface area contributed by atoms with Gasteiger partial charge >= 0.3 is 5.97 Å². The lowest BCUT2D eigenvalue weighted by molar-refractivity contribution is -0.131. The number of rotatable bonds is 5. The van der Waals surface area contributed by atoms with Crippen molar-refractivity contribution in [3.05, 3.63) is 41.5 Å². The molecule has 0 unspecified atom stereocenters. The molecule has 1 rings (SSSR count). The molecule has 0 aliphatic rings. The average Bonchev–Trinajstić information content (AvgIpc) is 2.25. The zero-order chi connectivity index (χ0) is 12.8. The summed E-state index contributed by atoms with van der Waals surface area (Å²) in [6.45, 7) is 6.22. The van der Waals surface area contributed by atoms with E-state index in [0.717, 1.165) is 11.3 Å². The van der Waals surface area contributed by atoms with Crippen LogP contribution in [-0.2, 0) is 4.79 Å². The molecule has 17 heavy (non-hydrogen) atoms. The van der Waals surface area contributed by atoms with Gasteiger partial charge in [-0.15, -0.1) is 0 Å². The van der Waals surface area contributed by atoms with Crippen LogP contribution in [0.3, 0.4) is 0 Å². The second-order valence-electron chi connectivity index (χ2n) is 4.31. The van der Waals surface area contributed by atoms with Crippen molar-refractivity contribution in [1.29, 1.82) is 0 Å². The molecule has 1 aromatic rings. The molecule has 0 aliphatic carbocycles. The van der Waals surface area contributed by atoms with E-state index in [1.807, 2.05) is 45.0 Å². The third-order valence-corrected chi connectivity index (χ3v) is 2.48. The summed E-state index contributed by atoms with van der Waals surface area (Å²) < 4.78 is 5.55. The van der Waals surface area contributed by atoms with Crippen molar-refractivity contribution in [2.24, 2.45) is 5.92 Å². The topological polar surface area (TPSA) is 46.5 Å². The van der Waals surface area contributed by atoms with Gasteiger partial charge < -0.3 is 9.84 Å².